The van der Waals surface area contributed by atoms with E-state index in [1.807, 2.05) is 0 Å². The molecular weight excluding hydrogens is 260 g/mol. The van der Waals surface area contributed by atoms with Crippen LogP contribution in [0, 0.1) is 0 Å². The molecule has 0 bridgehead atoms. The molecule has 2 rings (SSSR count). The fraction of sp³-hybridized carbons (Fsp3) is 0.333. The summed E-state index contributed by atoms with van der Waals surface area (Å²) >= 11 is 0. The van der Waals surface area contributed by atoms with E-state index in [4.69, 9.17) is 4.74 Å². The molecule has 1 atom stereocenters. The van der Waals surface area contributed by atoms with Gasteiger partial charge in [-0.25, -0.2) is 13.6 Å². The van der Waals surface area contributed by atoms with Crippen molar-refractivity contribution in [1.82, 2.24) is 5.32 Å². The Hall–Kier alpha value is -2.18. The van der Waals surface area contributed by atoms with Crippen LogP contribution in [-0.2, 0) is 9.53 Å². The van der Waals surface area contributed by atoms with Gasteiger partial charge in [-0.1, -0.05) is 12.1 Å². The summed E-state index contributed by atoms with van der Waals surface area (Å²) in [5.74, 6) is -3.45. The molecule has 1 heterocycles. The number of carbonyl (C=O) groups is 2. The van der Waals surface area contributed by atoms with Gasteiger partial charge in [-0.05, 0) is 17.7 Å². The second-order valence-corrected chi connectivity index (χ2v) is 4.08. The molecule has 0 radical (unpaired) electrons. The highest BCUT2D eigenvalue weighted by Gasteiger charge is 2.46. The van der Waals surface area contributed by atoms with Crippen LogP contribution in [0.25, 0.3) is 0 Å². The number of amides is 1. The first-order valence-electron chi connectivity index (χ1n) is 5.48. The van der Waals surface area contributed by atoms with Crippen molar-refractivity contribution in [3.63, 3.8) is 0 Å². The van der Waals surface area contributed by atoms with E-state index in [1.165, 1.54) is 31.2 Å². The van der Waals surface area contributed by atoms with E-state index in [0.29, 0.717) is 0 Å². The molecule has 0 saturated carbocycles. The van der Waals surface area contributed by atoms with Crippen molar-refractivity contribution in [3.8, 4) is 5.75 Å². The van der Waals surface area contributed by atoms with Crippen molar-refractivity contribution in [2.45, 2.75) is 18.9 Å². The molecule has 1 aromatic rings. The van der Waals surface area contributed by atoms with Gasteiger partial charge in [0.15, 0.2) is 6.61 Å². The quantitative estimate of drug-likeness (QED) is 0.660. The largest absolute Gasteiger partial charge is 0.443 e. The molecule has 1 amide bonds. The molecular formula is C12H11F2NO4. The Kier molecular flexibility index (Phi) is 3.37. The third-order valence-corrected chi connectivity index (χ3v) is 2.56. The number of ether oxygens (including phenoxy) is 2. The molecule has 19 heavy (non-hydrogen) atoms. The predicted molar refractivity (Wildman–Crippen MR) is 59.9 cm³/mol. The zero-order valence-corrected chi connectivity index (χ0v) is 9.98. The number of alkyl halides is 2. The molecule has 1 aliphatic heterocycles. The summed E-state index contributed by atoms with van der Waals surface area (Å²) in [6.07, 6.45) is -0.889. The third kappa shape index (κ3) is 2.98. The minimum absolute atomic E-state index is 0.206. The highest BCUT2D eigenvalue weighted by molar-refractivity contribution is 5.70. The van der Waals surface area contributed by atoms with Gasteiger partial charge in [-0.15, -0.1) is 0 Å². The third-order valence-electron chi connectivity index (χ3n) is 2.56. The first-order valence-corrected chi connectivity index (χ1v) is 5.48. The Balaban J connectivity index is 2.20. The van der Waals surface area contributed by atoms with Crippen LogP contribution in [0.3, 0.4) is 0 Å². The SMILES string of the molecule is CC(=O)Oc1ccc([C@@H]2NC(=O)OCC2(F)F)cc1. The number of rotatable bonds is 2. The maximum Gasteiger partial charge on any atom is 0.408 e. The first-order chi connectivity index (χ1) is 8.88. The maximum atomic E-state index is 13.6. The molecule has 1 N–H and O–H groups in total. The van der Waals surface area contributed by atoms with Gasteiger partial charge >= 0.3 is 18.0 Å². The summed E-state index contributed by atoms with van der Waals surface area (Å²) in [4.78, 5) is 21.7. The monoisotopic (exact) mass is 271 g/mol. The molecule has 0 aliphatic carbocycles. The normalized spacial score (nSPS) is 21.2. The molecule has 1 aliphatic rings. The average Bonchev–Trinajstić information content (AvgIpc) is 2.33. The van der Waals surface area contributed by atoms with Gasteiger partial charge in [-0.2, -0.15) is 0 Å². The van der Waals surface area contributed by atoms with E-state index in [-0.39, 0.29) is 11.3 Å². The highest BCUT2D eigenvalue weighted by atomic mass is 19.3. The number of hydrogen-bond acceptors (Lipinski definition) is 4. The summed E-state index contributed by atoms with van der Waals surface area (Å²) in [5, 5.41) is 2.06. The number of hydrogen-bond donors (Lipinski definition) is 1. The van der Waals surface area contributed by atoms with Gasteiger partial charge in [0.25, 0.3) is 0 Å². The van der Waals surface area contributed by atoms with Crippen molar-refractivity contribution in [3.05, 3.63) is 29.8 Å². The van der Waals surface area contributed by atoms with Crippen LogP contribution in [-0.4, -0.2) is 24.6 Å². The number of benzene rings is 1. The van der Waals surface area contributed by atoms with Crippen LogP contribution in [0.2, 0.25) is 0 Å². The Bertz CT molecular complexity index is 501. The van der Waals surface area contributed by atoms with Gasteiger partial charge in [-0.3, -0.25) is 4.79 Å². The lowest BCUT2D eigenvalue weighted by molar-refractivity contribution is -0.131. The van der Waals surface area contributed by atoms with Gasteiger partial charge in [0.2, 0.25) is 0 Å². The fourth-order valence-electron chi connectivity index (χ4n) is 1.73. The Morgan fingerprint density at radius 2 is 2.05 bits per heavy atom. The summed E-state index contributed by atoms with van der Waals surface area (Å²) in [6, 6.07) is 4.04. The van der Waals surface area contributed by atoms with Crippen LogP contribution in [0.1, 0.15) is 18.5 Å². The Morgan fingerprint density at radius 3 is 2.63 bits per heavy atom. The number of halogens is 2. The second kappa shape index (κ2) is 4.83. The summed E-state index contributed by atoms with van der Waals surface area (Å²) in [5.41, 5.74) is 0.206. The van der Waals surface area contributed by atoms with E-state index >= 15 is 0 Å². The van der Waals surface area contributed by atoms with Crippen LogP contribution in [0.4, 0.5) is 13.6 Å². The van der Waals surface area contributed by atoms with Crippen molar-refractivity contribution in [2.24, 2.45) is 0 Å². The van der Waals surface area contributed by atoms with Crippen molar-refractivity contribution < 1.29 is 27.8 Å². The molecule has 1 fully saturated rings. The van der Waals surface area contributed by atoms with E-state index in [1.54, 1.807) is 0 Å². The zero-order chi connectivity index (χ0) is 14.0. The number of cyclic esters (lactones) is 1. The standard InChI is InChI=1S/C12H11F2NO4/c1-7(16)19-9-4-2-8(3-5-9)10-12(13,14)6-18-11(17)15-10/h2-5,10H,6H2,1H3,(H,15,17)/t10-/m0/s1. The van der Waals surface area contributed by atoms with Crippen LogP contribution in [0.5, 0.6) is 5.75 Å². The van der Waals surface area contributed by atoms with E-state index in [0.717, 1.165) is 0 Å². The molecule has 0 spiro atoms. The number of alkyl carbamates (subject to hydrolysis) is 1. The average molecular weight is 271 g/mol. The smallest absolute Gasteiger partial charge is 0.408 e. The number of nitrogens with one attached hydrogen (secondary N) is 1. The molecule has 5 nitrogen and oxygen atoms in total. The lowest BCUT2D eigenvalue weighted by Gasteiger charge is -2.31. The summed E-state index contributed by atoms with van der Waals surface area (Å²) in [6.45, 7) is 0.274. The van der Waals surface area contributed by atoms with Gasteiger partial charge in [0.05, 0.1) is 0 Å². The minimum atomic E-state index is -3.20. The van der Waals surface area contributed by atoms with E-state index in [2.05, 4.69) is 10.1 Å². The van der Waals surface area contributed by atoms with E-state index < -0.39 is 30.6 Å². The molecule has 102 valence electrons. The van der Waals surface area contributed by atoms with Crippen molar-refractivity contribution in [1.29, 1.82) is 0 Å². The minimum Gasteiger partial charge on any atom is -0.443 e. The Labute approximate surface area is 107 Å². The van der Waals surface area contributed by atoms with Gasteiger partial charge in [0, 0.05) is 6.92 Å². The van der Waals surface area contributed by atoms with Gasteiger partial charge < -0.3 is 14.8 Å². The molecule has 1 aromatic carbocycles. The maximum absolute atomic E-state index is 13.6. The van der Waals surface area contributed by atoms with Crippen molar-refractivity contribution >= 4 is 12.1 Å². The van der Waals surface area contributed by atoms with Crippen molar-refractivity contribution in [2.75, 3.05) is 6.61 Å². The van der Waals surface area contributed by atoms with Gasteiger partial charge in [0.1, 0.15) is 11.8 Å². The lowest BCUT2D eigenvalue weighted by atomic mass is 10.00. The fourth-order valence-corrected chi connectivity index (χ4v) is 1.73. The molecule has 1 saturated heterocycles. The predicted octanol–water partition coefficient (Wildman–Crippen LogP) is 2.03. The first kappa shape index (κ1) is 13.3. The number of esters is 1. The van der Waals surface area contributed by atoms with E-state index in [9.17, 15) is 18.4 Å². The highest BCUT2D eigenvalue weighted by Crippen LogP contribution is 2.34. The zero-order valence-electron chi connectivity index (χ0n) is 9.98. The lowest BCUT2D eigenvalue weighted by Crippen LogP contribution is -2.49. The molecule has 0 aromatic heterocycles. The summed E-state index contributed by atoms with van der Waals surface area (Å²) < 4.78 is 36.3. The topological polar surface area (TPSA) is 64.6 Å². The van der Waals surface area contributed by atoms with Crippen LogP contribution < -0.4 is 10.1 Å². The second-order valence-electron chi connectivity index (χ2n) is 4.08. The van der Waals surface area contributed by atoms with Crippen LogP contribution in [0.15, 0.2) is 24.3 Å². The molecule has 0 unspecified atom stereocenters. The number of carbonyl (C=O) groups excluding carboxylic acids is 2. The Morgan fingerprint density at radius 1 is 1.42 bits per heavy atom. The summed E-state index contributed by atoms with van der Waals surface area (Å²) in [7, 11) is 0. The van der Waals surface area contributed by atoms with Crippen LogP contribution >= 0.6 is 0 Å². The molecule has 7 heteroatoms.